The largest absolute Gasteiger partial charge is 0.356 e. The van der Waals surface area contributed by atoms with E-state index in [0.29, 0.717) is 18.7 Å². The number of amides is 2. The fourth-order valence-corrected chi connectivity index (χ4v) is 5.65. The highest BCUT2D eigenvalue weighted by molar-refractivity contribution is 8.01. The van der Waals surface area contributed by atoms with Gasteiger partial charge < -0.3 is 10.6 Å². The predicted octanol–water partition coefficient (Wildman–Crippen LogP) is 3.20. The van der Waals surface area contributed by atoms with Gasteiger partial charge in [0.2, 0.25) is 11.8 Å². The van der Waals surface area contributed by atoms with Crippen LogP contribution in [0.5, 0.6) is 0 Å². The van der Waals surface area contributed by atoms with E-state index in [9.17, 15) is 18.0 Å². The topological polar surface area (TPSA) is 92.3 Å². The van der Waals surface area contributed by atoms with Crippen molar-refractivity contribution in [2.75, 3.05) is 17.6 Å². The van der Waals surface area contributed by atoms with Crippen molar-refractivity contribution in [3.8, 4) is 0 Å². The zero-order chi connectivity index (χ0) is 21.9. The van der Waals surface area contributed by atoms with Crippen molar-refractivity contribution in [3.63, 3.8) is 0 Å². The van der Waals surface area contributed by atoms with Crippen molar-refractivity contribution >= 4 is 39.1 Å². The van der Waals surface area contributed by atoms with Crippen LogP contribution in [0.15, 0.2) is 52.3 Å². The average Bonchev–Trinajstić information content (AvgIpc) is 2.69. The normalized spacial score (nSPS) is 17.0. The fraction of sp³-hybridized carbons (Fsp3) is 0.364. The summed E-state index contributed by atoms with van der Waals surface area (Å²) in [6.45, 7) is 5.87. The summed E-state index contributed by atoms with van der Waals surface area (Å²) in [5.74, 6) is -1.42. The van der Waals surface area contributed by atoms with Crippen LogP contribution in [-0.4, -0.2) is 37.8 Å². The Balaban J connectivity index is 1.59. The lowest BCUT2D eigenvalue weighted by Gasteiger charge is -2.22. The van der Waals surface area contributed by atoms with E-state index in [1.54, 1.807) is 19.9 Å². The summed E-state index contributed by atoms with van der Waals surface area (Å²) in [7, 11) is -3.67. The van der Waals surface area contributed by atoms with E-state index < -0.39 is 15.8 Å². The second kappa shape index (κ2) is 9.22. The smallest absolute Gasteiger partial charge is 0.237 e. The number of fused-ring (bicyclic) bond motifs is 1. The maximum Gasteiger partial charge on any atom is 0.237 e. The quantitative estimate of drug-likeness (QED) is 0.681. The molecule has 0 radical (unpaired) electrons. The number of benzene rings is 2. The van der Waals surface area contributed by atoms with E-state index in [4.69, 9.17) is 0 Å². The Morgan fingerprint density at radius 2 is 1.90 bits per heavy atom. The molecule has 1 aliphatic heterocycles. The standard InChI is InChI=1S/C22H26N2O4S2/c1-14-4-6-17(7-5-14)10-11-23-21(25)15(2)13-30(27,28)18-8-9-20-19(12-18)24-22(26)16(3)29-20/h4-9,12,15-16H,10-11,13H2,1-3H3,(H,23,25)(H,24,26)/t15-,16-/m0/s1. The van der Waals surface area contributed by atoms with Crippen LogP contribution in [0.2, 0.25) is 0 Å². The van der Waals surface area contributed by atoms with Gasteiger partial charge in [0.15, 0.2) is 9.84 Å². The van der Waals surface area contributed by atoms with Crippen LogP contribution >= 0.6 is 11.8 Å². The van der Waals surface area contributed by atoms with Crippen molar-refractivity contribution in [2.24, 2.45) is 5.92 Å². The minimum absolute atomic E-state index is 0.107. The first-order valence-electron chi connectivity index (χ1n) is 9.83. The van der Waals surface area contributed by atoms with E-state index in [0.717, 1.165) is 10.5 Å². The number of nitrogens with one attached hydrogen (secondary N) is 2. The van der Waals surface area contributed by atoms with Crippen LogP contribution in [0.1, 0.15) is 25.0 Å². The molecule has 2 aromatic carbocycles. The van der Waals surface area contributed by atoms with Gasteiger partial charge in [-0.15, -0.1) is 11.8 Å². The molecule has 1 aliphatic rings. The van der Waals surface area contributed by atoms with Crippen LogP contribution in [0.3, 0.4) is 0 Å². The zero-order valence-electron chi connectivity index (χ0n) is 17.3. The Hall–Kier alpha value is -2.32. The van der Waals surface area contributed by atoms with Crippen molar-refractivity contribution in [2.45, 2.75) is 42.2 Å². The highest BCUT2D eigenvalue weighted by Gasteiger charge is 2.27. The highest BCUT2D eigenvalue weighted by atomic mass is 32.2. The average molecular weight is 447 g/mol. The molecule has 3 rings (SSSR count). The van der Waals surface area contributed by atoms with E-state index in [1.165, 1.54) is 29.5 Å². The molecule has 0 aliphatic carbocycles. The molecule has 0 fully saturated rings. The molecule has 0 saturated heterocycles. The third-order valence-electron chi connectivity index (χ3n) is 4.99. The zero-order valence-corrected chi connectivity index (χ0v) is 18.9. The lowest BCUT2D eigenvalue weighted by molar-refractivity contribution is -0.123. The molecule has 160 valence electrons. The van der Waals surface area contributed by atoms with Gasteiger partial charge in [-0.05, 0) is 44.0 Å². The summed E-state index contributed by atoms with van der Waals surface area (Å²) in [4.78, 5) is 25.2. The first-order chi connectivity index (χ1) is 14.2. The van der Waals surface area contributed by atoms with Crippen molar-refractivity contribution in [3.05, 3.63) is 53.6 Å². The third kappa shape index (κ3) is 5.43. The number of thioether (sulfide) groups is 1. The molecule has 0 spiro atoms. The Bertz CT molecular complexity index is 1050. The van der Waals surface area contributed by atoms with Gasteiger partial charge in [0.25, 0.3) is 0 Å². The Labute approximate surface area is 181 Å². The summed E-state index contributed by atoms with van der Waals surface area (Å²) in [5.41, 5.74) is 2.79. The molecule has 8 heteroatoms. The molecule has 2 N–H and O–H groups in total. The summed E-state index contributed by atoms with van der Waals surface area (Å²) in [6, 6.07) is 12.8. The Morgan fingerprint density at radius 1 is 1.20 bits per heavy atom. The van der Waals surface area contributed by atoms with E-state index in [-0.39, 0.29) is 27.7 Å². The summed E-state index contributed by atoms with van der Waals surface area (Å²) >= 11 is 1.40. The number of carbonyl (C=O) groups excluding carboxylic acids is 2. The first-order valence-corrected chi connectivity index (χ1v) is 12.4. The highest BCUT2D eigenvalue weighted by Crippen LogP contribution is 2.37. The van der Waals surface area contributed by atoms with Gasteiger partial charge in [-0.25, -0.2) is 8.42 Å². The molecule has 6 nitrogen and oxygen atoms in total. The fourth-order valence-electron chi connectivity index (χ4n) is 3.14. The molecule has 2 atom stereocenters. The van der Waals surface area contributed by atoms with E-state index in [2.05, 4.69) is 10.6 Å². The van der Waals surface area contributed by atoms with E-state index in [1.807, 2.05) is 31.2 Å². The maximum absolute atomic E-state index is 12.8. The number of sulfone groups is 1. The Kier molecular flexibility index (Phi) is 6.88. The molecule has 30 heavy (non-hydrogen) atoms. The van der Waals surface area contributed by atoms with Crippen LogP contribution in [0, 0.1) is 12.8 Å². The first kappa shape index (κ1) is 22.4. The molecule has 0 unspecified atom stereocenters. The van der Waals surface area contributed by atoms with Crippen LogP contribution < -0.4 is 10.6 Å². The van der Waals surface area contributed by atoms with E-state index >= 15 is 0 Å². The summed E-state index contributed by atoms with van der Waals surface area (Å²) < 4.78 is 25.6. The second-order valence-electron chi connectivity index (χ2n) is 7.62. The van der Waals surface area contributed by atoms with Gasteiger partial charge in [0, 0.05) is 17.4 Å². The van der Waals surface area contributed by atoms with Gasteiger partial charge in [-0.3, -0.25) is 9.59 Å². The maximum atomic E-state index is 12.8. The van der Waals surface area contributed by atoms with Gasteiger partial charge in [0.1, 0.15) is 0 Å². The molecule has 2 aromatic rings. The Morgan fingerprint density at radius 3 is 2.60 bits per heavy atom. The lowest BCUT2D eigenvalue weighted by Crippen LogP contribution is -2.34. The number of aryl methyl sites for hydroxylation is 1. The molecule has 2 amide bonds. The minimum atomic E-state index is -3.67. The number of rotatable bonds is 7. The summed E-state index contributed by atoms with van der Waals surface area (Å²) in [6.07, 6.45) is 0.687. The molecule has 1 heterocycles. The predicted molar refractivity (Wildman–Crippen MR) is 120 cm³/mol. The number of carbonyl (C=O) groups is 2. The van der Waals surface area contributed by atoms with Gasteiger partial charge >= 0.3 is 0 Å². The summed E-state index contributed by atoms with van der Waals surface area (Å²) in [5, 5.41) is 5.34. The van der Waals surface area contributed by atoms with Gasteiger partial charge in [-0.2, -0.15) is 0 Å². The van der Waals surface area contributed by atoms with Crippen molar-refractivity contribution < 1.29 is 18.0 Å². The molecule has 0 saturated carbocycles. The number of anilines is 1. The molecule has 0 aromatic heterocycles. The van der Waals surface area contributed by atoms with Gasteiger partial charge in [0.05, 0.1) is 21.6 Å². The molecular formula is C22H26N2O4S2. The third-order valence-corrected chi connectivity index (χ3v) is 8.08. The molecular weight excluding hydrogens is 420 g/mol. The SMILES string of the molecule is Cc1ccc(CCNC(=O)[C@@H](C)CS(=O)(=O)c2ccc3c(c2)NC(=O)[C@H](C)S3)cc1. The number of hydrogen-bond acceptors (Lipinski definition) is 5. The molecule has 0 bridgehead atoms. The monoisotopic (exact) mass is 446 g/mol. The van der Waals surface area contributed by atoms with Gasteiger partial charge in [-0.1, -0.05) is 36.8 Å². The van der Waals surface area contributed by atoms with Crippen molar-refractivity contribution in [1.29, 1.82) is 0 Å². The van der Waals surface area contributed by atoms with Crippen molar-refractivity contribution in [1.82, 2.24) is 5.32 Å². The minimum Gasteiger partial charge on any atom is -0.356 e. The van der Waals surface area contributed by atoms with Crippen LogP contribution in [-0.2, 0) is 25.8 Å². The van der Waals surface area contributed by atoms with Crippen LogP contribution in [0.4, 0.5) is 5.69 Å². The van der Waals surface area contributed by atoms with Crippen LogP contribution in [0.25, 0.3) is 0 Å². The number of hydrogen-bond donors (Lipinski definition) is 2. The second-order valence-corrected chi connectivity index (χ2v) is 11.0. The lowest BCUT2D eigenvalue weighted by atomic mass is 10.1.